The molecule has 2 aromatic rings. The van der Waals surface area contributed by atoms with Crippen molar-refractivity contribution in [2.75, 3.05) is 5.32 Å². The molecule has 0 aliphatic carbocycles. The predicted octanol–water partition coefficient (Wildman–Crippen LogP) is 1.38. The average Bonchev–Trinajstić information content (AvgIpc) is 2.34. The SMILES string of the molecule is O=C(Nc1c(O)nc[nH]c1=O)c1ccc(Cl)cc1. The van der Waals surface area contributed by atoms with Gasteiger partial charge in [0.1, 0.15) is 0 Å². The van der Waals surface area contributed by atoms with Crippen LogP contribution in [0.15, 0.2) is 35.4 Å². The Morgan fingerprint density at radius 3 is 2.61 bits per heavy atom. The minimum Gasteiger partial charge on any atom is -0.492 e. The largest absolute Gasteiger partial charge is 0.492 e. The molecule has 7 heteroatoms. The average molecular weight is 266 g/mol. The van der Waals surface area contributed by atoms with Gasteiger partial charge in [0.15, 0.2) is 5.69 Å². The summed E-state index contributed by atoms with van der Waals surface area (Å²) in [6.07, 6.45) is 1.04. The van der Waals surface area contributed by atoms with Gasteiger partial charge < -0.3 is 15.4 Å². The minimum atomic E-state index is -0.634. The highest BCUT2D eigenvalue weighted by molar-refractivity contribution is 6.30. The maximum Gasteiger partial charge on any atom is 0.278 e. The molecule has 1 heterocycles. The molecule has 6 nitrogen and oxygen atoms in total. The number of hydrogen-bond donors (Lipinski definition) is 3. The van der Waals surface area contributed by atoms with Crippen LogP contribution in [-0.2, 0) is 0 Å². The van der Waals surface area contributed by atoms with Gasteiger partial charge in [-0.05, 0) is 24.3 Å². The summed E-state index contributed by atoms with van der Waals surface area (Å²) in [5.74, 6) is -1.08. The number of aromatic amines is 1. The van der Waals surface area contributed by atoms with Crippen molar-refractivity contribution in [2.24, 2.45) is 0 Å². The molecule has 0 aliphatic heterocycles. The molecule has 0 atom stereocenters. The molecule has 18 heavy (non-hydrogen) atoms. The van der Waals surface area contributed by atoms with Crippen LogP contribution in [-0.4, -0.2) is 21.0 Å². The van der Waals surface area contributed by atoms with Gasteiger partial charge >= 0.3 is 0 Å². The lowest BCUT2D eigenvalue weighted by molar-refractivity contribution is 0.102. The fourth-order valence-corrected chi connectivity index (χ4v) is 1.42. The summed E-state index contributed by atoms with van der Waals surface area (Å²) in [6.45, 7) is 0. The van der Waals surface area contributed by atoms with Crippen molar-refractivity contribution in [1.82, 2.24) is 9.97 Å². The van der Waals surface area contributed by atoms with Gasteiger partial charge in [0.05, 0.1) is 6.33 Å². The van der Waals surface area contributed by atoms with Crippen LogP contribution in [0.25, 0.3) is 0 Å². The molecule has 0 aliphatic rings. The van der Waals surface area contributed by atoms with Crippen LogP contribution in [0, 0.1) is 0 Å². The van der Waals surface area contributed by atoms with Crippen LogP contribution in [0.1, 0.15) is 10.4 Å². The van der Waals surface area contributed by atoms with Crippen LogP contribution in [0.2, 0.25) is 5.02 Å². The van der Waals surface area contributed by atoms with E-state index in [1.54, 1.807) is 12.1 Å². The third-order valence-electron chi connectivity index (χ3n) is 2.18. The van der Waals surface area contributed by atoms with E-state index in [0.29, 0.717) is 10.6 Å². The van der Waals surface area contributed by atoms with E-state index in [0.717, 1.165) is 6.33 Å². The highest BCUT2D eigenvalue weighted by Gasteiger charge is 2.12. The molecule has 0 unspecified atom stereocenters. The molecule has 0 bridgehead atoms. The van der Waals surface area contributed by atoms with Crippen LogP contribution in [0.5, 0.6) is 5.88 Å². The lowest BCUT2D eigenvalue weighted by atomic mass is 10.2. The molecule has 3 N–H and O–H groups in total. The Bertz CT molecular complexity index is 637. The second-order valence-electron chi connectivity index (χ2n) is 3.39. The summed E-state index contributed by atoms with van der Waals surface area (Å²) in [5, 5.41) is 12.1. The predicted molar refractivity (Wildman–Crippen MR) is 65.9 cm³/mol. The number of nitrogens with zero attached hydrogens (tertiary/aromatic N) is 1. The Hall–Kier alpha value is -2.34. The molecule has 0 fully saturated rings. The monoisotopic (exact) mass is 265 g/mol. The van der Waals surface area contributed by atoms with E-state index in [9.17, 15) is 14.7 Å². The van der Waals surface area contributed by atoms with Crippen molar-refractivity contribution in [3.63, 3.8) is 0 Å². The first-order valence-corrected chi connectivity index (χ1v) is 5.29. The third-order valence-corrected chi connectivity index (χ3v) is 2.43. The van der Waals surface area contributed by atoms with Gasteiger partial charge in [0.25, 0.3) is 11.5 Å². The van der Waals surface area contributed by atoms with Gasteiger partial charge in [-0.3, -0.25) is 9.59 Å². The Morgan fingerprint density at radius 1 is 1.33 bits per heavy atom. The number of halogens is 1. The van der Waals surface area contributed by atoms with Crippen molar-refractivity contribution in [3.05, 3.63) is 51.5 Å². The molecule has 0 spiro atoms. The Kier molecular flexibility index (Phi) is 3.29. The third kappa shape index (κ3) is 2.49. The summed E-state index contributed by atoms with van der Waals surface area (Å²) < 4.78 is 0. The number of benzene rings is 1. The normalized spacial score (nSPS) is 10.1. The summed E-state index contributed by atoms with van der Waals surface area (Å²) in [4.78, 5) is 28.9. The molecule has 2 rings (SSSR count). The molecule has 1 amide bonds. The van der Waals surface area contributed by atoms with Crippen molar-refractivity contribution < 1.29 is 9.90 Å². The molecule has 0 saturated heterocycles. The van der Waals surface area contributed by atoms with Gasteiger partial charge in [0, 0.05) is 10.6 Å². The Balaban J connectivity index is 2.27. The van der Waals surface area contributed by atoms with E-state index in [1.807, 2.05) is 0 Å². The van der Waals surface area contributed by atoms with Gasteiger partial charge in [-0.15, -0.1) is 0 Å². The lowest BCUT2D eigenvalue weighted by Crippen LogP contribution is -2.20. The summed E-state index contributed by atoms with van der Waals surface area (Å²) in [7, 11) is 0. The quantitative estimate of drug-likeness (QED) is 0.764. The lowest BCUT2D eigenvalue weighted by Gasteiger charge is -2.05. The number of aromatic hydroxyl groups is 1. The van der Waals surface area contributed by atoms with Crippen LogP contribution in [0.3, 0.4) is 0 Å². The zero-order valence-corrected chi connectivity index (χ0v) is 9.73. The molecule has 0 radical (unpaired) electrons. The maximum absolute atomic E-state index is 11.8. The standard InChI is InChI=1S/C11H8ClN3O3/c12-7-3-1-6(2-4-7)9(16)15-8-10(17)13-5-14-11(8)18/h1-5H,(H,15,16)(H2,13,14,17,18). The Morgan fingerprint density at radius 2 is 2.00 bits per heavy atom. The van der Waals surface area contributed by atoms with E-state index >= 15 is 0 Å². The summed E-state index contributed by atoms with van der Waals surface area (Å²) in [5.41, 5.74) is -0.621. The fraction of sp³-hybridized carbons (Fsp3) is 0. The van der Waals surface area contributed by atoms with E-state index in [4.69, 9.17) is 11.6 Å². The van der Waals surface area contributed by atoms with E-state index in [1.165, 1.54) is 12.1 Å². The number of nitrogens with one attached hydrogen (secondary N) is 2. The number of rotatable bonds is 2. The fourth-order valence-electron chi connectivity index (χ4n) is 1.29. The second-order valence-corrected chi connectivity index (χ2v) is 3.83. The first-order valence-electron chi connectivity index (χ1n) is 4.91. The highest BCUT2D eigenvalue weighted by Crippen LogP contribution is 2.15. The number of aromatic nitrogens is 2. The Labute approximate surface area is 106 Å². The summed E-state index contributed by atoms with van der Waals surface area (Å²) in [6, 6.07) is 6.09. The number of H-pyrrole nitrogens is 1. The van der Waals surface area contributed by atoms with Crippen LogP contribution >= 0.6 is 11.6 Å². The van der Waals surface area contributed by atoms with Crippen LogP contribution < -0.4 is 10.9 Å². The zero-order valence-electron chi connectivity index (χ0n) is 8.98. The molecule has 1 aromatic heterocycles. The molecule has 92 valence electrons. The molecular formula is C11H8ClN3O3. The van der Waals surface area contributed by atoms with Crippen molar-refractivity contribution in [2.45, 2.75) is 0 Å². The highest BCUT2D eigenvalue weighted by atomic mass is 35.5. The van der Waals surface area contributed by atoms with E-state index < -0.39 is 17.3 Å². The summed E-state index contributed by atoms with van der Waals surface area (Å²) >= 11 is 5.69. The smallest absolute Gasteiger partial charge is 0.278 e. The molecule has 1 aromatic carbocycles. The first-order chi connectivity index (χ1) is 8.58. The maximum atomic E-state index is 11.8. The van der Waals surface area contributed by atoms with Crippen molar-refractivity contribution in [3.8, 4) is 5.88 Å². The van der Waals surface area contributed by atoms with Gasteiger partial charge in [-0.25, -0.2) is 4.98 Å². The number of hydrogen-bond acceptors (Lipinski definition) is 4. The van der Waals surface area contributed by atoms with Gasteiger partial charge in [0.2, 0.25) is 5.88 Å². The number of amides is 1. The van der Waals surface area contributed by atoms with Crippen molar-refractivity contribution >= 4 is 23.2 Å². The minimum absolute atomic E-state index is 0.294. The van der Waals surface area contributed by atoms with Crippen molar-refractivity contribution in [1.29, 1.82) is 0 Å². The van der Waals surface area contributed by atoms with E-state index in [-0.39, 0.29) is 5.69 Å². The van der Waals surface area contributed by atoms with Crippen LogP contribution in [0.4, 0.5) is 5.69 Å². The molecule has 0 saturated carbocycles. The van der Waals surface area contributed by atoms with Gasteiger partial charge in [-0.2, -0.15) is 0 Å². The molecular weight excluding hydrogens is 258 g/mol. The number of carbonyl (C=O) groups is 1. The second kappa shape index (κ2) is 4.89. The number of carbonyl (C=O) groups excluding carboxylic acids is 1. The number of anilines is 1. The first kappa shape index (κ1) is 12.1. The van der Waals surface area contributed by atoms with Gasteiger partial charge in [-0.1, -0.05) is 11.6 Å². The topological polar surface area (TPSA) is 95.1 Å². The van der Waals surface area contributed by atoms with E-state index in [2.05, 4.69) is 15.3 Å². The zero-order chi connectivity index (χ0) is 13.1.